The average Bonchev–Trinajstić information content (AvgIpc) is 2.64. The maximum atomic E-state index is 12.5. The lowest BCUT2D eigenvalue weighted by Gasteiger charge is -2.10. The molecular formula is C13H17Br2NO2S. The van der Waals surface area contributed by atoms with Crippen LogP contribution in [0.5, 0.6) is 0 Å². The van der Waals surface area contributed by atoms with Crippen LogP contribution in [-0.4, -0.2) is 14.5 Å². The molecule has 0 saturated heterocycles. The number of sulfonamides is 1. The molecule has 1 N–H and O–H groups in total. The Labute approximate surface area is 131 Å². The minimum Gasteiger partial charge on any atom is -0.207 e. The fourth-order valence-electron chi connectivity index (χ4n) is 2.39. The van der Waals surface area contributed by atoms with Crippen molar-refractivity contribution in [3.05, 3.63) is 27.1 Å². The molecule has 0 radical (unpaired) electrons. The molecule has 1 fully saturated rings. The van der Waals surface area contributed by atoms with Gasteiger partial charge in [0.25, 0.3) is 0 Å². The third-order valence-electron chi connectivity index (χ3n) is 4.48. The minimum absolute atomic E-state index is 0.0292. The lowest BCUT2D eigenvalue weighted by molar-refractivity contribution is 0.457. The maximum absolute atomic E-state index is 12.5. The van der Waals surface area contributed by atoms with E-state index >= 15 is 0 Å². The van der Waals surface area contributed by atoms with Crippen LogP contribution in [0.25, 0.3) is 0 Å². The monoisotopic (exact) mass is 409 g/mol. The molecule has 0 bridgehead atoms. The summed E-state index contributed by atoms with van der Waals surface area (Å²) in [6.45, 7) is 8.32. The van der Waals surface area contributed by atoms with Crippen molar-refractivity contribution in [2.45, 2.75) is 38.6 Å². The third-order valence-corrected chi connectivity index (χ3v) is 7.39. The molecule has 19 heavy (non-hydrogen) atoms. The molecule has 1 aliphatic carbocycles. The summed E-state index contributed by atoms with van der Waals surface area (Å²) in [6.07, 6.45) is 0. The van der Waals surface area contributed by atoms with Crippen LogP contribution < -0.4 is 4.72 Å². The van der Waals surface area contributed by atoms with Crippen LogP contribution in [0.3, 0.4) is 0 Å². The van der Waals surface area contributed by atoms with E-state index in [1.807, 2.05) is 0 Å². The molecule has 2 rings (SSSR count). The summed E-state index contributed by atoms with van der Waals surface area (Å²) in [5, 5.41) is 0. The van der Waals surface area contributed by atoms with Crippen LogP contribution in [-0.2, 0) is 10.0 Å². The Bertz CT molecular complexity index is 610. The summed E-state index contributed by atoms with van der Waals surface area (Å²) in [7, 11) is -3.52. The Balaban J connectivity index is 2.33. The van der Waals surface area contributed by atoms with E-state index in [1.54, 1.807) is 18.2 Å². The van der Waals surface area contributed by atoms with E-state index in [0.717, 1.165) is 4.47 Å². The molecule has 0 unspecified atom stereocenters. The zero-order valence-electron chi connectivity index (χ0n) is 11.3. The van der Waals surface area contributed by atoms with E-state index in [9.17, 15) is 8.42 Å². The number of rotatable bonds is 3. The second-order valence-electron chi connectivity index (χ2n) is 6.07. The standard InChI is InChI=1S/C13H17Br2NO2S/c1-12(2)11(13(12,3)4)16-19(17,18)10-7-8(14)5-6-9(10)15/h5-7,11,16H,1-4H3. The van der Waals surface area contributed by atoms with Crippen molar-refractivity contribution in [2.24, 2.45) is 10.8 Å². The summed E-state index contributed by atoms with van der Waals surface area (Å²) < 4.78 is 29.1. The van der Waals surface area contributed by atoms with Crippen molar-refractivity contribution < 1.29 is 8.42 Å². The Morgan fingerprint density at radius 2 is 1.63 bits per heavy atom. The molecule has 1 saturated carbocycles. The fraction of sp³-hybridized carbons (Fsp3) is 0.538. The highest BCUT2D eigenvalue weighted by atomic mass is 79.9. The molecule has 1 aromatic carbocycles. The zero-order valence-corrected chi connectivity index (χ0v) is 15.3. The Hall–Kier alpha value is 0.0900. The second kappa shape index (κ2) is 4.55. The first-order valence-corrected chi connectivity index (χ1v) is 9.04. The van der Waals surface area contributed by atoms with Crippen LogP contribution in [0.1, 0.15) is 27.7 Å². The fourth-order valence-corrected chi connectivity index (χ4v) is 5.42. The molecule has 6 heteroatoms. The minimum atomic E-state index is -3.52. The SMILES string of the molecule is CC1(C)C(NS(=O)(=O)c2cc(Br)ccc2Br)C1(C)C. The van der Waals surface area contributed by atoms with Gasteiger partial charge in [-0.15, -0.1) is 0 Å². The smallest absolute Gasteiger partial charge is 0.207 e. The predicted molar refractivity (Wildman–Crippen MR) is 83.5 cm³/mol. The topological polar surface area (TPSA) is 46.2 Å². The van der Waals surface area contributed by atoms with Crippen molar-refractivity contribution in [3.8, 4) is 0 Å². The molecule has 0 spiro atoms. The van der Waals surface area contributed by atoms with E-state index < -0.39 is 10.0 Å². The molecule has 0 heterocycles. The normalized spacial score (nSPS) is 21.4. The summed E-state index contributed by atoms with van der Waals surface area (Å²) in [5.74, 6) is 0. The molecule has 0 aliphatic heterocycles. The van der Waals surface area contributed by atoms with Crippen molar-refractivity contribution >= 4 is 41.9 Å². The molecular weight excluding hydrogens is 394 g/mol. The molecule has 0 atom stereocenters. The van der Waals surface area contributed by atoms with Gasteiger partial charge in [0.15, 0.2) is 0 Å². The van der Waals surface area contributed by atoms with E-state index in [0.29, 0.717) is 4.47 Å². The van der Waals surface area contributed by atoms with Crippen LogP contribution in [0, 0.1) is 10.8 Å². The van der Waals surface area contributed by atoms with Gasteiger partial charge < -0.3 is 0 Å². The van der Waals surface area contributed by atoms with Crippen molar-refractivity contribution in [1.82, 2.24) is 4.72 Å². The quantitative estimate of drug-likeness (QED) is 0.820. The highest BCUT2D eigenvalue weighted by molar-refractivity contribution is 9.11. The Morgan fingerprint density at radius 3 is 2.11 bits per heavy atom. The van der Waals surface area contributed by atoms with Gasteiger partial charge in [0.2, 0.25) is 10.0 Å². The van der Waals surface area contributed by atoms with Crippen LogP contribution in [0.2, 0.25) is 0 Å². The van der Waals surface area contributed by atoms with Gasteiger partial charge in [-0.3, -0.25) is 0 Å². The maximum Gasteiger partial charge on any atom is 0.242 e. The number of hydrogen-bond acceptors (Lipinski definition) is 2. The largest absolute Gasteiger partial charge is 0.242 e. The summed E-state index contributed by atoms with van der Waals surface area (Å²) in [4.78, 5) is 0.264. The van der Waals surface area contributed by atoms with Gasteiger partial charge in [-0.1, -0.05) is 43.6 Å². The van der Waals surface area contributed by atoms with Crippen LogP contribution >= 0.6 is 31.9 Å². The van der Waals surface area contributed by atoms with Crippen LogP contribution in [0.4, 0.5) is 0 Å². The first-order chi connectivity index (χ1) is 8.50. The van der Waals surface area contributed by atoms with Crippen molar-refractivity contribution in [1.29, 1.82) is 0 Å². The third kappa shape index (κ3) is 2.52. The van der Waals surface area contributed by atoms with Gasteiger partial charge in [0.05, 0.1) is 4.90 Å². The number of benzene rings is 1. The van der Waals surface area contributed by atoms with E-state index in [-0.39, 0.29) is 21.8 Å². The van der Waals surface area contributed by atoms with E-state index in [1.165, 1.54) is 0 Å². The summed E-state index contributed by atoms with van der Waals surface area (Å²) in [6, 6.07) is 5.08. The Morgan fingerprint density at radius 1 is 1.11 bits per heavy atom. The van der Waals surface area contributed by atoms with Gasteiger partial charge in [0, 0.05) is 15.0 Å². The first kappa shape index (κ1) is 15.5. The lowest BCUT2D eigenvalue weighted by atomic mass is 10.0. The number of hydrogen-bond donors (Lipinski definition) is 1. The van der Waals surface area contributed by atoms with Gasteiger partial charge in [-0.2, -0.15) is 0 Å². The molecule has 3 nitrogen and oxygen atoms in total. The van der Waals surface area contributed by atoms with E-state index in [4.69, 9.17) is 0 Å². The number of halogens is 2. The highest BCUT2D eigenvalue weighted by Crippen LogP contribution is 2.63. The van der Waals surface area contributed by atoms with Crippen LogP contribution in [0.15, 0.2) is 32.0 Å². The zero-order chi connectivity index (χ0) is 14.6. The predicted octanol–water partition coefficient (Wildman–Crippen LogP) is 3.92. The Kier molecular flexibility index (Phi) is 3.70. The van der Waals surface area contributed by atoms with Gasteiger partial charge in [0.1, 0.15) is 0 Å². The summed E-state index contributed by atoms with van der Waals surface area (Å²) >= 11 is 6.60. The van der Waals surface area contributed by atoms with Gasteiger partial charge >= 0.3 is 0 Å². The van der Waals surface area contributed by atoms with Gasteiger partial charge in [-0.25, -0.2) is 13.1 Å². The van der Waals surface area contributed by atoms with Gasteiger partial charge in [-0.05, 0) is 45.0 Å². The lowest BCUT2D eigenvalue weighted by Crippen LogP contribution is -2.30. The average molecular weight is 411 g/mol. The molecule has 0 amide bonds. The van der Waals surface area contributed by atoms with E-state index in [2.05, 4.69) is 64.3 Å². The van der Waals surface area contributed by atoms with Crippen molar-refractivity contribution in [2.75, 3.05) is 0 Å². The molecule has 106 valence electrons. The highest BCUT2D eigenvalue weighted by Gasteiger charge is 2.66. The summed E-state index contributed by atoms with van der Waals surface area (Å²) in [5.41, 5.74) is -0.0584. The second-order valence-corrected chi connectivity index (χ2v) is 9.52. The molecule has 1 aliphatic rings. The molecule has 0 aromatic heterocycles. The van der Waals surface area contributed by atoms with Crippen molar-refractivity contribution in [3.63, 3.8) is 0 Å². The number of nitrogens with one attached hydrogen (secondary N) is 1. The first-order valence-electron chi connectivity index (χ1n) is 5.97. The molecule has 1 aromatic rings.